The molecular formula is C18H21N3OS. The van der Waals surface area contributed by atoms with Gasteiger partial charge in [-0.05, 0) is 31.4 Å². The Bertz CT molecular complexity index is 785. The minimum Gasteiger partial charge on any atom is -0.510 e. The summed E-state index contributed by atoms with van der Waals surface area (Å²) in [5.41, 5.74) is 3.68. The van der Waals surface area contributed by atoms with Crippen molar-refractivity contribution in [3.8, 4) is 0 Å². The number of nitrogens with zero attached hydrogens (tertiary/aromatic N) is 2. The molecule has 0 amide bonds. The van der Waals surface area contributed by atoms with Crippen molar-refractivity contribution in [2.24, 2.45) is 0 Å². The van der Waals surface area contributed by atoms with Crippen molar-refractivity contribution < 1.29 is 5.11 Å². The minimum absolute atomic E-state index is 0.224. The number of thiazole rings is 1. The third-order valence-corrected chi connectivity index (χ3v) is 5.29. The van der Waals surface area contributed by atoms with E-state index in [1.54, 1.807) is 0 Å². The second-order valence-electron chi connectivity index (χ2n) is 6.13. The number of para-hydroxylation sites is 1. The van der Waals surface area contributed by atoms with Gasteiger partial charge >= 0.3 is 0 Å². The fourth-order valence-electron chi connectivity index (χ4n) is 2.81. The number of hydrogen-bond acceptors (Lipinski definition) is 4. The third-order valence-electron chi connectivity index (χ3n) is 4.20. The molecule has 3 rings (SSSR count). The van der Waals surface area contributed by atoms with Crippen LogP contribution >= 0.6 is 11.3 Å². The average Bonchev–Trinajstić information content (AvgIpc) is 2.98. The monoisotopic (exact) mass is 327 g/mol. The van der Waals surface area contributed by atoms with Crippen LogP contribution in [0.1, 0.15) is 40.9 Å². The van der Waals surface area contributed by atoms with Crippen LogP contribution in [0.2, 0.25) is 0 Å². The summed E-state index contributed by atoms with van der Waals surface area (Å²) in [5, 5.41) is 19.7. The van der Waals surface area contributed by atoms with Gasteiger partial charge in [0.15, 0.2) is 0 Å². The normalized spacial score (nSPS) is 15.2. The first-order valence-electron chi connectivity index (χ1n) is 7.72. The number of aliphatic hydroxyl groups is 1. The van der Waals surface area contributed by atoms with Crippen molar-refractivity contribution in [3.63, 3.8) is 0 Å². The highest BCUT2D eigenvalue weighted by molar-refractivity contribution is 7.13. The number of amidine groups is 1. The van der Waals surface area contributed by atoms with Gasteiger partial charge in [-0.15, -0.1) is 11.3 Å². The van der Waals surface area contributed by atoms with E-state index in [4.69, 9.17) is 5.41 Å². The van der Waals surface area contributed by atoms with Crippen molar-refractivity contribution in [1.29, 1.82) is 5.41 Å². The molecule has 2 heterocycles. The number of aryl methyl sites for hydroxylation is 2. The highest BCUT2D eigenvalue weighted by Gasteiger charge is 2.32. The Labute approximate surface area is 140 Å². The fraction of sp³-hybridized carbons (Fsp3) is 0.333. The molecule has 1 aromatic carbocycles. The number of hydrogen-bond donors (Lipinski definition) is 2. The first-order chi connectivity index (χ1) is 10.9. The van der Waals surface area contributed by atoms with Crippen LogP contribution in [-0.4, -0.2) is 22.5 Å². The Balaban J connectivity index is 2.00. The Morgan fingerprint density at radius 3 is 2.57 bits per heavy atom. The molecular weight excluding hydrogens is 306 g/mol. The molecule has 1 aromatic heterocycles. The summed E-state index contributed by atoms with van der Waals surface area (Å²) in [6, 6.07) is 8.08. The molecule has 23 heavy (non-hydrogen) atoms. The molecule has 1 aliphatic heterocycles. The molecule has 0 radical (unpaired) electrons. The smallest absolute Gasteiger partial charge is 0.139 e. The molecule has 0 aliphatic carbocycles. The van der Waals surface area contributed by atoms with Crippen LogP contribution in [-0.2, 0) is 0 Å². The second-order valence-corrected chi connectivity index (χ2v) is 7.33. The summed E-state index contributed by atoms with van der Waals surface area (Å²) >= 11 is 1.53. The lowest BCUT2D eigenvalue weighted by molar-refractivity contribution is 0.411. The van der Waals surface area contributed by atoms with Crippen LogP contribution in [0.5, 0.6) is 0 Å². The lowest BCUT2D eigenvalue weighted by Gasteiger charge is -2.23. The Hall–Kier alpha value is -2.14. The van der Waals surface area contributed by atoms with Gasteiger partial charge in [-0.25, -0.2) is 4.98 Å². The summed E-state index contributed by atoms with van der Waals surface area (Å²) < 4.78 is 0. The van der Waals surface area contributed by atoms with E-state index in [0.29, 0.717) is 23.9 Å². The van der Waals surface area contributed by atoms with Crippen molar-refractivity contribution >= 4 is 28.4 Å². The summed E-state index contributed by atoms with van der Waals surface area (Å²) in [6.45, 7) is 8.58. The lowest BCUT2D eigenvalue weighted by Crippen LogP contribution is -2.27. The van der Waals surface area contributed by atoms with E-state index >= 15 is 0 Å². The van der Waals surface area contributed by atoms with Crippen LogP contribution in [0.3, 0.4) is 0 Å². The maximum absolute atomic E-state index is 10.4. The molecule has 5 heteroatoms. The van der Waals surface area contributed by atoms with Gasteiger partial charge in [-0.1, -0.05) is 32.0 Å². The van der Waals surface area contributed by atoms with Gasteiger partial charge < -0.3 is 10.0 Å². The standard InChI is InChI=1S/C18H21N3OS/c1-10(2)13-7-5-6-8-14(13)21-9-15(22)16(17(21)19)18-20-11(3)12(4)23-18/h5-8,10,19,22H,9H2,1-4H3. The molecule has 0 unspecified atom stereocenters. The molecule has 2 N–H and O–H groups in total. The van der Waals surface area contributed by atoms with Crippen molar-refractivity contribution in [1.82, 2.24) is 4.98 Å². The molecule has 0 fully saturated rings. The Kier molecular flexibility index (Phi) is 3.98. The maximum Gasteiger partial charge on any atom is 0.139 e. The van der Waals surface area contributed by atoms with Gasteiger partial charge in [0.1, 0.15) is 16.6 Å². The van der Waals surface area contributed by atoms with Gasteiger partial charge in [-0.2, -0.15) is 0 Å². The summed E-state index contributed by atoms with van der Waals surface area (Å²) in [5.74, 6) is 0.904. The molecule has 0 spiro atoms. The second kappa shape index (κ2) is 5.81. The number of benzene rings is 1. The van der Waals surface area contributed by atoms with Gasteiger partial charge in [0.25, 0.3) is 0 Å². The van der Waals surface area contributed by atoms with Gasteiger partial charge in [0.05, 0.1) is 17.8 Å². The average molecular weight is 327 g/mol. The zero-order valence-corrected chi connectivity index (χ0v) is 14.7. The van der Waals surface area contributed by atoms with Crippen molar-refractivity contribution in [3.05, 3.63) is 51.2 Å². The Morgan fingerprint density at radius 2 is 1.96 bits per heavy atom. The van der Waals surface area contributed by atoms with Crippen LogP contribution in [0, 0.1) is 19.3 Å². The zero-order valence-electron chi connectivity index (χ0n) is 13.8. The Morgan fingerprint density at radius 1 is 1.26 bits per heavy atom. The maximum atomic E-state index is 10.4. The predicted molar refractivity (Wildman–Crippen MR) is 96.7 cm³/mol. The molecule has 4 nitrogen and oxygen atoms in total. The highest BCUT2D eigenvalue weighted by atomic mass is 32.1. The molecule has 0 saturated heterocycles. The molecule has 0 saturated carbocycles. The van der Waals surface area contributed by atoms with E-state index in [1.165, 1.54) is 16.9 Å². The summed E-state index contributed by atoms with van der Waals surface area (Å²) in [4.78, 5) is 7.50. The SMILES string of the molecule is Cc1nc(C2=C(O)CN(c3ccccc3C(C)C)C2=N)sc1C. The van der Waals surface area contributed by atoms with Crippen LogP contribution in [0.15, 0.2) is 30.0 Å². The van der Waals surface area contributed by atoms with Crippen LogP contribution in [0.25, 0.3) is 5.57 Å². The molecule has 0 bridgehead atoms. The van der Waals surface area contributed by atoms with E-state index in [1.807, 2.05) is 36.9 Å². The first-order valence-corrected chi connectivity index (χ1v) is 8.53. The summed E-state index contributed by atoms with van der Waals surface area (Å²) in [7, 11) is 0. The molecule has 1 aliphatic rings. The topological polar surface area (TPSA) is 60.2 Å². The van der Waals surface area contributed by atoms with E-state index in [2.05, 4.69) is 24.9 Å². The summed E-state index contributed by atoms with van der Waals surface area (Å²) in [6.07, 6.45) is 0. The minimum atomic E-state index is 0.224. The largest absolute Gasteiger partial charge is 0.510 e. The van der Waals surface area contributed by atoms with Gasteiger partial charge in [0.2, 0.25) is 0 Å². The van der Waals surface area contributed by atoms with E-state index in [9.17, 15) is 5.11 Å². The molecule has 0 atom stereocenters. The first kappa shape index (κ1) is 15.7. The quantitative estimate of drug-likeness (QED) is 0.862. The number of aliphatic hydroxyl groups excluding tert-OH is 1. The van der Waals surface area contributed by atoms with E-state index in [0.717, 1.165) is 21.3 Å². The predicted octanol–water partition coefficient (Wildman–Crippen LogP) is 4.65. The number of anilines is 1. The number of nitrogens with one attached hydrogen (secondary N) is 1. The van der Waals surface area contributed by atoms with Gasteiger partial charge in [-0.3, -0.25) is 5.41 Å². The number of rotatable bonds is 3. The van der Waals surface area contributed by atoms with E-state index < -0.39 is 0 Å². The van der Waals surface area contributed by atoms with Crippen molar-refractivity contribution in [2.45, 2.75) is 33.6 Å². The molecule has 120 valence electrons. The molecule has 2 aromatic rings. The van der Waals surface area contributed by atoms with Crippen LogP contribution in [0.4, 0.5) is 5.69 Å². The highest BCUT2D eigenvalue weighted by Crippen LogP contribution is 2.36. The van der Waals surface area contributed by atoms with Crippen LogP contribution < -0.4 is 4.90 Å². The third kappa shape index (κ3) is 2.65. The number of aromatic nitrogens is 1. The van der Waals surface area contributed by atoms with Crippen molar-refractivity contribution in [2.75, 3.05) is 11.4 Å². The lowest BCUT2D eigenvalue weighted by atomic mass is 10.0. The van der Waals surface area contributed by atoms with E-state index in [-0.39, 0.29) is 5.76 Å². The van der Waals surface area contributed by atoms with Gasteiger partial charge in [0, 0.05) is 10.6 Å². The zero-order chi connectivity index (χ0) is 16.7. The fourth-order valence-corrected chi connectivity index (χ4v) is 3.79.